The molecule has 1 aliphatic rings. The Bertz CT molecular complexity index is 760. The van der Waals surface area contributed by atoms with Gasteiger partial charge in [-0.15, -0.1) is 11.8 Å². The van der Waals surface area contributed by atoms with E-state index in [0.29, 0.717) is 16.4 Å². The molecule has 0 fully saturated rings. The van der Waals surface area contributed by atoms with Crippen LogP contribution >= 0.6 is 11.8 Å². The van der Waals surface area contributed by atoms with E-state index in [1.54, 1.807) is 12.3 Å². The first-order valence-corrected chi connectivity index (χ1v) is 8.90. The van der Waals surface area contributed by atoms with Crippen LogP contribution in [0.4, 0.5) is 0 Å². The summed E-state index contributed by atoms with van der Waals surface area (Å²) < 4.78 is 5.41. The molecule has 3 rings (SSSR count). The quantitative estimate of drug-likeness (QED) is 0.809. The molecule has 0 spiro atoms. The molecule has 0 saturated carbocycles. The minimum Gasteiger partial charge on any atom is -0.469 e. The van der Waals surface area contributed by atoms with Crippen molar-refractivity contribution in [3.8, 4) is 6.07 Å². The van der Waals surface area contributed by atoms with Crippen LogP contribution in [0.15, 0.2) is 63.7 Å². The Balaban J connectivity index is 1.65. The van der Waals surface area contributed by atoms with Gasteiger partial charge in [0, 0.05) is 6.42 Å². The van der Waals surface area contributed by atoms with Crippen molar-refractivity contribution >= 4 is 17.7 Å². The van der Waals surface area contributed by atoms with Gasteiger partial charge in [0.2, 0.25) is 5.91 Å². The number of nitrogens with one attached hydrogen (secondary N) is 1. The second-order valence-corrected chi connectivity index (χ2v) is 6.72. The fourth-order valence-electron chi connectivity index (χ4n) is 2.76. The highest BCUT2D eigenvalue weighted by molar-refractivity contribution is 8.03. The molecule has 2 heterocycles. The molecule has 4 nitrogen and oxygen atoms in total. The predicted octanol–water partition coefficient (Wildman–Crippen LogP) is 3.98. The third-order valence-electron chi connectivity index (χ3n) is 3.94. The van der Waals surface area contributed by atoms with Crippen LogP contribution in [0.2, 0.25) is 0 Å². The van der Waals surface area contributed by atoms with Gasteiger partial charge in [0.1, 0.15) is 5.76 Å². The molecule has 5 heteroatoms. The van der Waals surface area contributed by atoms with Crippen molar-refractivity contribution in [2.45, 2.75) is 25.2 Å². The number of furan rings is 1. The molecule has 1 aromatic carbocycles. The zero-order valence-electron chi connectivity index (χ0n) is 13.2. The van der Waals surface area contributed by atoms with Crippen LogP contribution in [-0.2, 0) is 11.2 Å². The number of nitriles is 1. The van der Waals surface area contributed by atoms with Crippen LogP contribution in [0, 0.1) is 11.3 Å². The molecule has 0 radical (unpaired) electrons. The number of carbonyl (C=O) groups is 1. The number of hydrogen-bond donors (Lipinski definition) is 1. The molecule has 1 aromatic heterocycles. The summed E-state index contributed by atoms with van der Waals surface area (Å²) in [6.07, 6.45) is 3.80. The highest BCUT2D eigenvalue weighted by Gasteiger charge is 2.31. The SMILES string of the molecule is N#CC1=C(SCCCc2ccccc2)NC(=O)C[C@H]1c1ccco1. The summed E-state index contributed by atoms with van der Waals surface area (Å²) in [5.74, 6) is 1.17. The van der Waals surface area contributed by atoms with Crippen molar-refractivity contribution in [2.24, 2.45) is 0 Å². The molecular weight excluding hydrogens is 320 g/mol. The summed E-state index contributed by atoms with van der Waals surface area (Å²) in [6.45, 7) is 0. The molecule has 1 amide bonds. The molecular formula is C19H18N2O2S. The molecule has 0 aliphatic carbocycles. The number of aryl methyl sites for hydroxylation is 1. The van der Waals surface area contributed by atoms with E-state index in [9.17, 15) is 10.1 Å². The van der Waals surface area contributed by atoms with Gasteiger partial charge in [0.25, 0.3) is 0 Å². The first kappa shape index (κ1) is 16.4. The fraction of sp³-hybridized carbons (Fsp3) is 0.263. The van der Waals surface area contributed by atoms with Crippen LogP contribution in [-0.4, -0.2) is 11.7 Å². The minimum atomic E-state index is -0.282. The van der Waals surface area contributed by atoms with E-state index in [0.717, 1.165) is 18.6 Å². The number of nitrogens with zero attached hydrogens (tertiary/aromatic N) is 1. The average Bonchev–Trinajstić information content (AvgIpc) is 3.13. The number of carbonyl (C=O) groups excluding carboxylic acids is 1. The molecule has 1 N–H and O–H groups in total. The minimum absolute atomic E-state index is 0.0686. The number of amides is 1. The second kappa shape index (κ2) is 7.89. The van der Waals surface area contributed by atoms with E-state index < -0.39 is 0 Å². The van der Waals surface area contributed by atoms with E-state index in [-0.39, 0.29) is 18.2 Å². The fourth-order valence-corrected chi connectivity index (χ4v) is 3.78. The largest absolute Gasteiger partial charge is 0.469 e. The smallest absolute Gasteiger partial charge is 0.225 e. The van der Waals surface area contributed by atoms with E-state index in [2.05, 4.69) is 23.5 Å². The number of thioether (sulfide) groups is 1. The number of rotatable bonds is 6. The van der Waals surface area contributed by atoms with Crippen LogP contribution < -0.4 is 5.32 Å². The Morgan fingerprint density at radius 3 is 2.79 bits per heavy atom. The molecule has 0 saturated heterocycles. The van der Waals surface area contributed by atoms with Crippen LogP contribution in [0.1, 0.15) is 30.1 Å². The molecule has 24 heavy (non-hydrogen) atoms. The Morgan fingerprint density at radius 2 is 2.08 bits per heavy atom. The van der Waals surface area contributed by atoms with Gasteiger partial charge in [-0.2, -0.15) is 5.26 Å². The van der Waals surface area contributed by atoms with Gasteiger partial charge in [0.05, 0.1) is 28.9 Å². The normalized spacial score (nSPS) is 17.5. The molecule has 2 aromatic rings. The molecule has 1 atom stereocenters. The molecule has 0 bridgehead atoms. The Labute approximate surface area is 145 Å². The summed E-state index contributed by atoms with van der Waals surface area (Å²) >= 11 is 1.54. The van der Waals surface area contributed by atoms with Gasteiger partial charge in [0.15, 0.2) is 0 Å². The maximum absolute atomic E-state index is 12.0. The summed E-state index contributed by atoms with van der Waals surface area (Å²) in [5, 5.41) is 13.1. The maximum atomic E-state index is 12.0. The lowest BCUT2D eigenvalue weighted by atomic mass is 9.92. The Hall–Kier alpha value is -2.45. The van der Waals surface area contributed by atoms with Gasteiger partial charge in [-0.05, 0) is 36.3 Å². The third-order valence-corrected chi connectivity index (χ3v) is 5.05. The number of allylic oxidation sites excluding steroid dienone is 1. The summed E-state index contributed by atoms with van der Waals surface area (Å²) in [6, 6.07) is 16.2. The van der Waals surface area contributed by atoms with Gasteiger partial charge in [-0.1, -0.05) is 30.3 Å². The van der Waals surface area contributed by atoms with E-state index in [4.69, 9.17) is 4.42 Å². The number of hydrogen-bond acceptors (Lipinski definition) is 4. The molecule has 1 aliphatic heterocycles. The standard InChI is InChI=1S/C19H18N2O2S/c20-13-16-15(17-9-4-10-23-17)12-18(22)21-19(16)24-11-5-8-14-6-2-1-3-7-14/h1-4,6-7,9-10,15H,5,8,11-12H2,(H,21,22)/t15-/m1/s1. The van der Waals surface area contributed by atoms with Gasteiger partial charge in [-0.3, -0.25) is 4.79 Å². The Kier molecular flexibility index (Phi) is 5.39. The van der Waals surface area contributed by atoms with E-state index >= 15 is 0 Å². The van der Waals surface area contributed by atoms with Crippen LogP contribution in [0.5, 0.6) is 0 Å². The first-order chi connectivity index (χ1) is 11.8. The molecule has 0 unspecified atom stereocenters. The van der Waals surface area contributed by atoms with Gasteiger partial charge in [-0.25, -0.2) is 0 Å². The average molecular weight is 338 g/mol. The first-order valence-electron chi connectivity index (χ1n) is 7.92. The monoisotopic (exact) mass is 338 g/mol. The Morgan fingerprint density at radius 1 is 1.25 bits per heavy atom. The van der Waals surface area contributed by atoms with Gasteiger partial charge < -0.3 is 9.73 Å². The van der Waals surface area contributed by atoms with Gasteiger partial charge >= 0.3 is 0 Å². The van der Waals surface area contributed by atoms with Crippen molar-refractivity contribution in [3.63, 3.8) is 0 Å². The maximum Gasteiger partial charge on any atom is 0.225 e. The zero-order valence-corrected chi connectivity index (χ0v) is 14.0. The topological polar surface area (TPSA) is 66.0 Å². The van der Waals surface area contributed by atoms with E-state index in [1.165, 1.54) is 17.3 Å². The molecule has 122 valence electrons. The van der Waals surface area contributed by atoms with Crippen molar-refractivity contribution in [1.29, 1.82) is 5.26 Å². The highest BCUT2D eigenvalue weighted by Crippen LogP contribution is 2.36. The van der Waals surface area contributed by atoms with Crippen LogP contribution in [0.25, 0.3) is 0 Å². The lowest BCUT2D eigenvalue weighted by Crippen LogP contribution is -2.30. The van der Waals surface area contributed by atoms with Crippen molar-refractivity contribution in [3.05, 3.63) is 70.7 Å². The third kappa shape index (κ3) is 3.90. The van der Waals surface area contributed by atoms with Crippen molar-refractivity contribution < 1.29 is 9.21 Å². The number of benzene rings is 1. The zero-order chi connectivity index (χ0) is 16.8. The summed E-state index contributed by atoms with van der Waals surface area (Å²) in [4.78, 5) is 12.0. The summed E-state index contributed by atoms with van der Waals surface area (Å²) in [7, 11) is 0. The van der Waals surface area contributed by atoms with Crippen molar-refractivity contribution in [1.82, 2.24) is 5.32 Å². The van der Waals surface area contributed by atoms with Crippen LogP contribution in [0.3, 0.4) is 0 Å². The van der Waals surface area contributed by atoms with E-state index in [1.807, 2.05) is 24.3 Å². The highest BCUT2D eigenvalue weighted by atomic mass is 32.2. The second-order valence-electron chi connectivity index (χ2n) is 5.61. The van der Waals surface area contributed by atoms with Crippen molar-refractivity contribution in [2.75, 3.05) is 5.75 Å². The predicted molar refractivity (Wildman–Crippen MR) is 94.1 cm³/mol. The lowest BCUT2D eigenvalue weighted by Gasteiger charge is -2.23. The lowest BCUT2D eigenvalue weighted by molar-refractivity contribution is -0.120. The summed E-state index contributed by atoms with van der Waals surface area (Å²) in [5.41, 5.74) is 1.89.